The molecular weight excluding hydrogens is 222 g/mol. The van der Waals surface area contributed by atoms with Gasteiger partial charge in [-0.25, -0.2) is 0 Å². The van der Waals surface area contributed by atoms with Gasteiger partial charge in [-0.2, -0.15) is 0 Å². The van der Waals surface area contributed by atoms with Gasteiger partial charge in [0.1, 0.15) is 12.4 Å². The van der Waals surface area contributed by atoms with Gasteiger partial charge in [0.2, 0.25) is 5.91 Å². The molecule has 1 aliphatic heterocycles. The second-order valence-corrected chi connectivity index (χ2v) is 4.02. The summed E-state index contributed by atoms with van der Waals surface area (Å²) in [5, 5.41) is 18.6. The second kappa shape index (κ2) is 5.16. The van der Waals surface area contributed by atoms with Crippen molar-refractivity contribution in [2.75, 3.05) is 19.8 Å². The van der Waals surface area contributed by atoms with E-state index >= 15 is 0 Å². The Bertz CT molecular complexity index is 407. The predicted octanol–water partition coefficient (Wildman–Crippen LogP) is 0.112. The number of carbonyl (C=O) groups excluding carboxylic acids is 1. The monoisotopic (exact) mass is 237 g/mol. The number of amides is 1. The fourth-order valence-electron chi connectivity index (χ4n) is 1.79. The maximum Gasteiger partial charge on any atom is 0.248 e. The lowest BCUT2D eigenvalue weighted by Crippen LogP contribution is -2.47. The van der Waals surface area contributed by atoms with E-state index in [9.17, 15) is 9.90 Å². The number of hydrogen-bond donors (Lipinski definition) is 2. The predicted molar refractivity (Wildman–Crippen MR) is 60.3 cm³/mol. The number of nitrogens with zero attached hydrogens (tertiary/aromatic N) is 1. The van der Waals surface area contributed by atoms with Gasteiger partial charge in [0.05, 0.1) is 12.7 Å². The number of carbonyl (C=O) groups is 1. The van der Waals surface area contributed by atoms with Crippen molar-refractivity contribution in [3.05, 3.63) is 29.8 Å². The van der Waals surface area contributed by atoms with Crippen molar-refractivity contribution in [2.45, 2.75) is 12.6 Å². The van der Waals surface area contributed by atoms with E-state index in [2.05, 4.69) is 0 Å². The molecule has 1 amide bonds. The van der Waals surface area contributed by atoms with Gasteiger partial charge in [-0.3, -0.25) is 4.79 Å². The quantitative estimate of drug-likeness (QED) is 0.783. The Balaban J connectivity index is 2.07. The summed E-state index contributed by atoms with van der Waals surface area (Å²) in [6.45, 7) is 0.568. The van der Waals surface area contributed by atoms with E-state index in [4.69, 9.17) is 9.84 Å². The number of aromatic hydroxyl groups is 1. The van der Waals surface area contributed by atoms with E-state index in [1.54, 1.807) is 23.1 Å². The van der Waals surface area contributed by atoms with Crippen molar-refractivity contribution in [1.82, 2.24) is 4.90 Å². The van der Waals surface area contributed by atoms with E-state index in [1.165, 1.54) is 0 Å². The number of para-hydroxylation sites is 1. The fourth-order valence-corrected chi connectivity index (χ4v) is 1.79. The smallest absolute Gasteiger partial charge is 0.248 e. The molecule has 0 aliphatic carbocycles. The first kappa shape index (κ1) is 11.9. The maximum atomic E-state index is 11.6. The average molecular weight is 237 g/mol. The average Bonchev–Trinajstić information content (AvgIpc) is 2.35. The molecule has 1 atom stereocenters. The van der Waals surface area contributed by atoms with Crippen LogP contribution in [0, 0.1) is 0 Å². The molecule has 1 fully saturated rings. The molecule has 2 rings (SSSR count). The number of rotatable bonds is 3. The molecule has 0 radical (unpaired) electrons. The van der Waals surface area contributed by atoms with Crippen LogP contribution in [-0.4, -0.2) is 46.9 Å². The minimum Gasteiger partial charge on any atom is -0.508 e. The van der Waals surface area contributed by atoms with Crippen molar-refractivity contribution in [2.24, 2.45) is 0 Å². The molecule has 92 valence electrons. The Labute approximate surface area is 99.2 Å². The first-order valence-corrected chi connectivity index (χ1v) is 5.48. The summed E-state index contributed by atoms with van der Waals surface area (Å²) in [6, 6.07) is 6.90. The molecule has 1 aliphatic rings. The third-order valence-electron chi connectivity index (χ3n) is 2.78. The van der Waals surface area contributed by atoms with Crippen LogP contribution in [-0.2, 0) is 16.1 Å². The number of phenols is 1. The lowest BCUT2D eigenvalue weighted by molar-refractivity contribution is -0.151. The minimum atomic E-state index is -0.335. The highest BCUT2D eigenvalue weighted by Gasteiger charge is 2.26. The Morgan fingerprint density at radius 2 is 2.18 bits per heavy atom. The number of benzene rings is 1. The molecule has 5 nitrogen and oxygen atoms in total. The van der Waals surface area contributed by atoms with Gasteiger partial charge in [-0.15, -0.1) is 0 Å². The molecule has 0 saturated carbocycles. The zero-order valence-corrected chi connectivity index (χ0v) is 9.37. The highest BCUT2D eigenvalue weighted by Crippen LogP contribution is 2.19. The number of aliphatic hydroxyl groups excluding tert-OH is 1. The third kappa shape index (κ3) is 2.75. The van der Waals surface area contributed by atoms with Gasteiger partial charge < -0.3 is 19.8 Å². The van der Waals surface area contributed by atoms with E-state index in [-0.39, 0.29) is 31.0 Å². The molecule has 0 aromatic heterocycles. The third-order valence-corrected chi connectivity index (χ3v) is 2.78. The van der Waals surface area contributed by atoms with Gasteiger partial charge in [0, 0.05) is 18.7 Å². The van der Waals surface area contributed by atoms with E-state index < -0.39 is 0 Å². The van der Waals surface area contributed by atoms with Crippen LogP contribution in [0.15, 0.2) is 24.3 Å². The van der Waals surface area contributed by atoms with Crippen molar-refractivity contribution in [1.29, 1.82) is 0 Å². The molecular formula is C12H15NO4. The fraction of sp³-hybridized carbons (Fsp3) is 0.417. The zero-order chi connectivity index (χ0) is 12.3. The molecule has 1 aromatic rings. The Morgan fingerprint density at radius 1 is 1.41 bits per heavy atom. The normalized spacial score (nSPS) is 20.6. The Morgan fingerprint density at radius 3 is 2.88 bits per heavy atom. The molecule has 0 bridgehead atoms. The van der Waals surface area contributed by atoms with Gasteiger partial charge in [-0.1, -0.05) is 18.2 Å². The van der Waals surface area contributed by atoms with Crippen LogP contribution in [0.25, 0.3) is 0 Å². The van der Waals surface area contributed by atoms with Crippen LogP contribution in [0.4, 0.5) is 0 Å². The molecule has 1 heterocycles. The highest BCUT2D eigenvalue weighted by atomic mass is 16.5. The SMILES string of the molecule is O=C1COC(CO)CN1Cc1ccccc1O. The topological polar surface area (TPSA) is 70.0 Å². The van der Waals surface area contributed by atoms with Gasteiger partial charge in [-0.05, 0) is 6.07 Å². The van der Waals surface area contributed by atoms with Gasteiger partial charge >= 0.3 is 0 Å². The summed E-state index contributed by atoms with van der Waals surface area (Å²) in [4.78, 5) is 13.2. The number of hydrogen-bond acceptors (Lipinski definition) is 4. The van der Waals surface area contributed by atoms with Crippen LogP contribution in [0.3, 0.4) is 0 Å². The van der Waals surface area contributed by atoms with Gasteiger partial charge in [0.25, 0.3) is 0 Å². The molecule has 1 aromatic carbocycles. The summed E-state index contributed by atoms with van der Waals surface area (Å²) >= 11 is 0. The van der Waals surface area contributed by atoms with E-state index in [0.717, 1.165) is 0 Å². The minimum absolute atomic E-state index is 0.0151. The molecule has 0 spiro atoms. The number of ether oxygens (including phenoxy) is 1. The van der Waals surface area contributed by atoms with Crippen LogP contribution >= 0.6 is 0 Å². The number of aliphatic hydroxyl groups is 1. The second-order valence-electron chi connectivity index (χ2n) is 4.02. The maximum absolute atomic E-state index is 11.6. The standard InChI is InChI=1S/C12H15NO4/c14-7-10-6-13(12(16)8-17-10)5-9-3-1-2-4-11(9)15/h1-4,10,14-15H,5-8H2. The van der Waals surface area contributed by atoms with E-state index in [1.807, 2.05) is 6.07 Å². The summed E-state index contributed by atoms with van der Waals surface area (Å²) in [6.07, 6.45) is -0.335. The van der Waals surface area contributed by atoms with Crippen LogP contribution in [0.5, 0.6) is 5.75 Å². The summed E-state index contributed by atoms with van der Waals surface area (Å²) in [7, 11) is 0. The molecule has 1 unspecified atom stereocenters. The van der Waals surface area contributed by atoms with E-state index in [0.29, 0.717) is 18.7 Å². The van der Waals surface area contributed by atoms with Crippen molar-refractivity contribution in [3.8, 4) is 5.75 Å². The molecule has 5 heteroatoms. The Kier molecular flexibility index (Phi) is 3.61. The lowest BCUT2D eigenvalue weighted by atomic mass is 10.1. The first-order valence-electron chi connectivity index (χ1n) is 5.48. The van der Waals surface area contributed by atoms with Crippen molar-refractivity contribution in [3.63, 3.8) is 0 Å². The number of morpholine rings is 1. The summed E-state index contributed by atoms with van der Waals surface area (Å²) < 4.78 is 5.13. The molecule has 1 saturated heterocycles. The molecule has 17 heavy (non-hydrogen) atoms. The Hall–Kier alpha value is -1.59. The summed E-state index contributed by atoms with van der Waals surface area (Å²) in [5.74, 6) is 0.0466. The zero-order valence-electron chi connectivity index (χ0n) is 9.37. The lowest BCUT2D eigenvalue weighted by Gasteiger charge is -2.32. The number of phenolic OH excluding ortho intramolecular Hbond substituents is 1. The van der Waals surface area contributed by atoms with Crippen molar-refractivity contribution >= 4 is 5.91 Å². The van der Waals surface area contributed by atoms with Crippen LogP contribution in [0.2, 0.25) is 0 Å². The summed E-state index contributed by atoms with van der Waals surface area (Å²) in [5.41, 5.74) is 0.694. The largest absolute Gasteiger partial charge is 0.508 e. The van der Waals surface area contributed by atoms with Crippen LogP contribution in [0.1, 0.15) is 5.56 Å². The highest BCUT2D eigenvalue weighted by molar-refractivity contribution is 5.78. The molecule has 2 N–H and O–H groups in total. The van der Waals surface area contributed by atoms with Gasteiger partial charge in [0.15, 0.2) is 0 Å². The first-order chi connectivity index (χ1) is 8.20. The van der Waals surface area contributed by atoms with Crippen molar-refractivity contribution < 1.29 is 19.7 Å². The van der Waals surface area contributed by atoms with Crippen LogP contribution < -0.4 is 0 Å².